The second-order valence-electron chi connectivity index (χ2n) is 5.57. The van der Waals surface area contributed by atoms with E-state index in [1.807, 2.05) is 121 Å². The Balaban J connectivity index is 0.000000187. The molecular weight excluding hydrogens is 341 g/mol. The summed E-state index contributed by atoms with van der Waals surface area (Å²) in [6.45, 7) is 0. The summed E-state index contributed by atoms with van der Waals surface area (Å²) in [6.07, 6.45) is 0. The maximum absolute atomic E-state index is 4.44. The number of para-hydroxylation sites is 4. The van der Waals surface area contributed by atoms with Crippen LogP contribution in [0.3, 0.4) is 0 Å². The summed E-state index contributed by atoms with van der Waals surface area (Å²) in [6, 6.07) is 39.8. The predicted molar refractivity (Wildman–Crippen MR) is 117 cm³/mol. The summed E-state index contributed by atoms with van der Waals surface area (Å²) >= 11 is 0. The van der Waals surface area contributed by atoms with Gasteiger partial charge in [0.15, 0.2) is 0 Å². The SMILES string of the molecule is [Mg+2].c1ccc([N-]c2ccccc2)cc1.c1ccc([N-]c2ccccc2)cc1. The first-order valence-electron chi connectivity index (χ1n) is 8.54. The first-order valence-corrected chi connectivity index (χ1v) is 8.54. The minimum absolute atomic E-state index is 0. The fourth-order valence-corrected chi connectivity index (χ4v) is 2.31. The fourth-order valence-electron chi connectivity index (χ4n) is 2.31. The molecule has 0 radical (unpaired) electrons. The quantitative estimate of drug-likeness (QED) is 0.334. The Morgan fingerprint density at radius 1 is 0.296 bits per heavy atom. The fraction of sp³-hybridized carbons (Fsp3) is 0. The molecule has 0 heterocycles. The third kappa shape index (κ3) is 7.56. The van der Waals surface area contributed by atoms with Gasteiger partial charge in [0, 0.05) is 0 Å². The molecule has 3 heteroatoms. The van der Waals surface area contributed by atoms with Crippen molar-refractivity contribution in [3.8, 4) is 0 Å². The first-order chi connectivity index (χ1) is 12.9. The van der Waals surface area contributed by atoms with E-state index in [2.05, 4.69) is 10.6 Å². The van der Waals surface area contributed by atoms with Crippen molar-refractivity contribution in [1.29, 1.82) is 0 Å². The monoisotopic (exact) mass is 360 g/mol. The van der Waals surface area contributed by atoms with Crippen molar-refractivity contribution in [2.24, 2.45) is 0 Å². The largest absolute Gasteiger partial charge is 2.00 e. The van der Waals surface area contributed by atoms with Gasteiger partial charge in [0.05, 0.1) is 0 Å². The predicted octanol–water partition coefficient (Wildman–Crippen LogP) is 7.67. The molecule has 27 heavy (non-hydrogen) atoms. The average molecular weight is 361 g/mol. The first kappa shape index (κ1) is 20.6. The van der Waals surface area contributed by atoms with E-state index in [0.717, 1.165) is 22.7 Å². The molecule has 2 nitrogen and oxygen atoms in total. The van der Waals surface area contributed by atoms with Crippen LogP contribution >= 0.6 is 0 Å². The molecule has 4 rings (SSSR count). The van der Waals surface area contributed by atoms with Crippen LogP contribution in [0.5, 0.6) is 0 Å². The van der Waals surface area contributed by atoms with Gasteiger partial charge in [-0.3, -0.25) is 0 Å². The van der Waals surface area contributed by atoms with Crippen molar-refractivity contribution in [3.05, 3.63) is 132 Å². The Morgan fingerprint density at radius 2 is 0.481 bits per heavy atom. The molecule has 0 spiro atoms. The van der Waals surface area contributed by atoms with E-state index in [1.54, 1.807) is 0 Å². The third-order valence-electron chi connectivity index (χ3n) is 3.54. The molecule has 0 unspecified atom stereocenters. The van der Waals surface area contributed by atoms with E-state index in [9.17, 15) is 0 Å². The van der Waals surface area contributed by atoms with Crippen LogP contribution in [0.15, 0.2) is 121 Å². The molecular formula is C24H20MgN2. The number of benzene rings is 4. The molecule has 0 aliphatic heterocycles. The second kappa shape index (κ2) is 11.8. The number of hydrogen-bond donors (Lipinski definition) is 0. The van der Waals surface area contributed by atoms with Gasteiger partial charge >= 0.3 is 23.1 Å². The van der Waals surface area contributed by atoms with Gasteiger partial charge in [0.2, 0.25) is 0 Å². The van der Waals surface area contributed by atoms with Crippen LogP contribution in [-0.2, 0) is 0 Å². The Bertz CT molecular complexity index is 715. The van der Waals surface area contributed by atoms with E-state index in [0.29, 0.717) is 0 Å². The topological polar surface area (TPSA) is 28.2 Å². The summed E-state index contributed by atoms with van der Waals surface area (Å²) in [5.41, 5.74) is 3.98. The van der Waals surface area contributed by atoms with Crippen LogP contribution in [0, 0.1) is 0 Å². The molecule has 0 N–H and O–H groups in total. The van der Waals surface area contributed by atoms with Crippen LogP contribution in [0.25, 0.3) is 10.6 Å². The number of hydrogen-bond acceptors (Lipinski definition) is 0. The third-order valence-corrected chi connectivity index (χ3v) is 3.54. The molecule has 0 aliphatic carbocycles. The van der Waals surface area contributed by atoms with Crippen LogP contribution in [-0.4, -0.2) is 23.1 Å². The van der Waals surface area contributed by atoms with Crippen molar-refractivity contribution in [2.45, 2.75) is 0 Å². The van der Waals surface area contributed by atoms with Crippen LogP contribution in [0.2, 0.25) is 0 Å². The summed E-state index contributed by atoms with van der Waals surface area (Å²) in [5.74, 6) is 0. The zero-order chi connectivity index (χ0) is 17.9. The molecule has 0 saturated heterocycles. The number of nitrogens with zero attached hydrogens (tertiary/aromatic N) is 2. The zero-order valence-corrected chi connectivity index (χ0v) is 16.6. The minimum atomic E-state index is 0. The molecule has 0 bridgehead atoms. The van der Waals surface area contributed by atoms with Crippen LogP contribution in [0.4, 0.5) is 22.7 Å². The zero-order valence-electron chi connectivity index (χ0n) is 15.1. The second-order valence-corrected chi connectivity index (χ2v) is 5.57. The van der Waals surface area contributed by atoms with E-state index >= 15 is 0 Å². The maximum atomic E-state index is 4.44. The average Bonchev–Trinajstić information content (AvgIpc) is 2.72. The Labute approximate surface area is 177 Å². The molecule has 128 valence electrons. The molecule has 0 aromatic heterocycles. The van der Waals surface area contributed by atoms with Crippen LogP contribution < -0.4 is 0 Å². The Morgan fingerprint density at radius 3 is 0.667 bits per heavy atom. The van der Waals surface area contributed by atoms with Gasteiger partial charge < -0.3 is 10.6 Å². The molecule has 0 atom stereocenters. The molecule has 0 fully saturated rings. The van der Waals surface area contributed by atoms with Gasteiger partial charge in [-0.2, -0.15) is 0 Å². The summed E-state index contributed by atoms with van der Waals surface area (Å²) in [5, 5.41) is 8.88. The van der Waals surface area contributed by atoms with Crippen molar-refractivity contribution in [1.82, 2.24) is 0 Å². The normalized spacial score (nSPS) is 9.19. The number of rotatable bonds is 4. The van der Waals surface area contributed by atoms with Gasteiger partial charge in [0.25, 0.3) is 0 Å². The molecule has 4 aromatic rings. The van der Waals surface area contributed by atoms with E-state index in [-0.39, 0.29) is 23.1 Å². The van der Waals surface area contributed by atoms with Crippen molar-refractivity contribution < 1.29 is 0 Å². The Kier molecular flexibility index (Phi) is 8.97. The van der Waals surface area contributed by atoms with Gasteiger partial charge in [0.1, 0.15) is 0 Å². The van der Waals surface area contributed by atoms with Crippen molar-refractivity contribution in [3.63, 3.8) is 0 Å². The standard InChI is InChI=1S/2C12H10N.Mg/c2*1-3-7-11(8-4-1)13-12-9-5-2-6-10-12;/h2*1-10H;/q2*-1;+2. The Hall–Kier alpha value is -2.75. The summed E-state index contributed by atoms with van der Waals surface area (Å²) in [4.78, 5) is 0. The van der Waals surface area contributed by atoms with Gasteiger partial charge in [-0.1, -0.05) is 121 Å². The van der Waals surface area contributed by atoms with Gasteiger partial charge in [-0.15, -0.1) is 22.7 Å². The molecule has 4 aromatic carbocycles. The summed E-state index contributed by atoms with van der Waals surface area (Å²) < 4.78 is 0. The van der Waals surface area contributed by atoms with E-state index in [4.69, 9.17) is 0 Å². The molecule has 0 saturated carbocycles. The van der Waals surface area contributed by atoms with Gasteiger partial charge in [-0.05, 0) is 0 Å². The maximum Gasteiger partial charge on any atom is 2.00 e. The smallest absolute Gasteiger partial charge is 0.658 e. The van der Waals surface area contributed by atoms with E-state index in [1.165, 1.54) is 0 Å². The van der Waals surface area contributed by atoms with Gasteiger partial charge in [-0.25, -0.2) is 0 Å². The molecule has 0 aliphatic rings. The van der Waals surface area contributed by atoms with Crippen molar-refractivity contribution in [2.75, 3.05) is 0 Å². The van der Waals surface area contributed by atoms with Crippen molar-refractivity contribution >= 4 is 45.8 Å². The van der Waals surface area contributed by atoms with E-state index < -0.39 is 0 Å². The summed E-state index contributed by atoms with van der Waals surface area (Å²) in [7, 11) is 0. The minimum Gasteiger partial charge on any atom is -0.658 e. The molecule has 0 amide bonds. The van der Waals surface area contributed by atoms with Crippen LogP contribution in [0.1, 0.15) is 0 Å².